The van der Waals surface area contributed by atoms with E-state index < -0.39 is 5.60 Å². The van der Waals surface area contributed by atoms with Gasteiger partial charge in [-0.15, -0.1) is 0 Å². The number of fused-ring (bicyclic) bond motifs is 1. The summed E-state index contributed by atoms with van der Waals surface area (Å²) in [5.74, 6) is 0. The summed E-state index contributed by atoms with van der Waals surface area (Å²) in [6.45, 7) is 0. The molecule has 3 heterocycles. The molecule has 1 aliphatic heterocycles. The van der Waals surface area contributed by atoms with Crippen molar-refractivity contribution in [1.29, 1.82) is 0 Å². The van der Waals surface area contributed by atoms with Crippen LogP contribution in [-0.2, 0) is 5.60 Å². The highest BCUT2D eigenvalue weighted by atomic mass is 16.3. The zero-order chi connectivity index (χ0) is 11.0. The fourth-order valence-electron chi connectivity index (χ4n) is 1.99. The monoisotopic (exact) mass is 211 g/mol. The second kappa shape index (κ2) is 3.25. The molecule has 2 aromatic rings. The van der Waals surface area contributed by atoms with Gasteiger partial charge in [-0.25, -0.2) is 0 Å². The van der Waals surface area contributed by atoms with E-state index in [-0.39, 0.29) is 0 Å². The Bertz CT molecular complexity index is 551. The smallest absolute Gasteiger partial charge is 0.229 e. The van der Waals surface area contributed by atoms with Gasteiger partial charge in [-0.1, -0.05) is 6.07 Å². The Morgan fingerprint density at radius 2 is 2.00 bits per heavy atom. The van der Waals surface area contributed by atoms with E-state index in [1.54, 1.807) is 12.3 Å². The normalized spacial score (nSPS) is 22.1. The average molecular weight is 211 g/mol. The number of hydrogen-bond acceptors (Lipinski definition) is 2. The van der Waals surface area contributed by atoms with Gasteiger partial charge < -0.3 is 5.11 Å². The quantitative estimate of drug-likeness (QED) is 0.717. The zero-order valence-electron chi connectivity index (χ0n) is 8.62. The van der Waals surface area contributed by atoms with E-state index in [4.69, 9.17) is 0 Å². The summed E-state index contributed by atoms with van der Waals surface area (Å²) >= 11 is 0. The molecule has 1 aliphatic rings. The van der Waals surface area contributed by atoms with Gasteiger partial charge >= 0.3 is 0 Å². The summed E-state index contributed by atoms with van der Waals surface area (Å²) in [5, 5.41) is 10.6. The van der Waals surface area contributed by atoms with Crippen molar-refractivity contribution < 1.29 is 9.67 Å². The van der Waals surface area contributed by atoms with Gasteiger partial charge in [-0.3, -0.25) is 4.98 Å². The highest BCUT2D eigenvalue weighted by Gasteiger charge is 2.42. The minimum absolute atomic E-state index is 0.642. The van der Waals surface area contributed by atoms with Crippen LogP contribution in [0.1, 0.15) is 11.4 Å². The molecule has 3 rings (SSSR count). The van der Waals surface area contributed by atoms with Gasteiger partial charge in [-0.2, -0.15) is 4.57 Å². The molecule has 0 fully saturated rings. The van der Waals surface area contributed by atoms with Gasteiger partial charge in [0.2, 0.25) is 11.3 Å². The van der Waals surface area contributed by atoms with Crippen LogP contribution in [0.5, 0.6) is 0 Å². The van der Waals surface area contributed by atoms with Gasteiger partial charge in [-0.05, 0) is 18.2 Å². The summed E-state index contributed by atoms with van der Waals surface area (Å²) < 4.78 is 1.90. The van der Waals surface area contributed by atoms with Crippen LogP contribution in [-0.4, -0.2) is 10.1 Å². The predicted octanol–water partition coefficient (Wildman–Crippen LogP) is 1.09. The van der Waals surface area contributed by atoms with Crippen molar-refractivity contribution >= 4 is 6.20 Å². The van der Waals surface area contributed by atoms with E-state index in [2.05, 4.69) is 4.98 Å². The van der Waals surface area contributed by atoms with Crippen molar-refractivity contribution in [2.24, 2.45) is 0 Å². The van der Waals surface area contributed by atoms with Crippen molar-refractivity contribution in [2.75, 3.05) is 0 Å². The molecule has 0 amide bonds. The molecule has 1 atom stereocenters. The summed E-state index contributed by atoms with van der Waals surface area (Å²) in [7, 11) is 0. The third kappa shape index (κ3) is 1.19. The summed E-state index contributed by atoms with van der Waals surface area (Å²) in [6.07, 6.45) is 7.20. The van der Waals surface area contributed by atoms with Crippen LogP contribution in [0.3, 0.4) is 0 Å². The molecule has 78 valence electrons. The molecule has 0 saturated carbocycles. The van der Waals surface area contributed by atoms with Crippen LogP contribution >= 0.6 is 0 Å². The maximum absolute atomic E-state index is 10.6. The van der Waals surface area contributed by atoms with E-state index in [0.717, 1.165) is 5.69 Å². The van der Waals surface area contributed by atoms with E-state index in [1.165, 1.54) is 0 Å². The van der Waals surface area contributed by atoms with Crippen molar-refractivity contribution in [2.45, 2.75) is 5.60 Å². The van der Waals surface area contributed by atoms with E-state index in [1.807, 2.05) is 53.4 Å². The van der Waals surface area contributed by atoms with Gasteiger partial charge in [0.15, 0.2) is 12.4 Å². The summed E-state index contributed by atoms with van der Waals surface area (Å²) in [6, 6.07) is 11.3. The molecular weight excluding hydrogens is 200 g/mol. The van der Waals surface area contributed by atoms with Crippen molar-refractivity contribution in [3.05, 3.63) is 66.3 Å². The second-order valence-corrected chi connectivity index (χ2v) is 3.79. The largest absolute Gasteiger partial charge is 0.370 e. The molecule has 0 saturated heterocycles. The SMILES string of the molecule is O[C@@]1(c2ccccn2)C=C[n+]2ccccc21. The Hall–Kier alpha value is -2.00. The topological polar surface area (TPSA) is 37.0 Å². The second-order valence-electron chi connectivity index (χ2n) is 3.79. The molecule has 0 radical (unpaired) electrons. The molecule has 1 N–H and O–H groups in total. The number of nitrogens with zero attached hydrogens (tertiary/aromatic N) is 2. The first kappa shape index (κ1) is 9.24. The zero-order valence-corrected chi connectivity index (χ0v) is 8.62. The molecule has 3 nitrogen and oxygen atoms in total. The lowest BCUT2D eigenvalue weighted by molar-refractivity contribution is -0.577. The Balaban J connectivity index is 2.19. The predicted molar refractivity (Wildman–Crippen MR) is 59.2 cm³/mol. The first-order chi connectivity index (χ1) is 7.81. The Morgan fingerprint density at radius 3 is 2.81 bits per heavy atom. The molecule has 2 aromatic heterocycles. The van der Waals surface area contributed by atoms with Gasteiger partial charge in [0.05, 0.1) is 5.69 Å². The van der Waals surface area contributed by atoms with Gasteiger partial charge in [0.1, 0.15) is 0 Å². The number of rotatable bonds is 1. The van der Waals surface area contributed by atoms with Crippen LogP contribution < -0.4 is 4.57 Å². The number of pyridine rings is 2. The third-order valence-corrected chi connectivity index (χ3v) is 2.81. The number of hydrogen-bond donors (Lipinski definition) is 1. The van der Waals surface area contributed by atoms with Crippen molar-refractivity contribution in [1.82, 2.24) is 4.98 Å². The van der Waals surface area contributed by atoms with Crippen LogP contribution in [0.15, 0.2) is 54.9 Å². The van der Waals surface area contributed by atoms with Gasteiger partial charge in [0.25, 0.3) is 0 Å². The molecule has 0 bridgehead atoms. The highest BCUT2D eigenvalue weighted by molar-refractivity contribution is 5.39. The number of aromatic nitrogens is 2. The highest BCUT2D eigenvalue weighted by Crippen LogP contribution is 2.30. The lowest BCUT2D eigenvalue weighted by Gasteiger charge is -2.15. The molecular formula is C13H11N2O+. The Morgan fingerprint density at radius 1 is 1.12 bits per heavy atom. The average Bonchev–Trinajstić information content (AvgIpc) is 2.71. The van der Waals surface area contributed by atoms with E-state index >= 15 is 0 Å². The fourth-order valence-corrected chi connectivity index (χ4v) is 1.99. The summed E-state index contributed by atoms with van der Waals surface area (Å²) in [5.41, 5.74) is 0.347. The molecule has 0 aliphatic carbocycles. The minimum atomic E-state index is -1.11. The maximum Gasteiger partial charge on any atom is 0.229 e. The maximum atomic E-state index is 10.6. The van der Waals surface area contributed by atoms with Crippen molar-refractivity contribution in [3.8, 4) is 0 Å². The summed E-state index contributed by atoms with van der Waals surface area (Å²) in [4.78, 5) is 4.22. The molecule has 0 unspecified atom stereocenters. The lowest BCUT2D eigenvalue weighted by atomic mass is 9.96. The molecule has 16 heavy (non-hydrogen) atoms. The first-order valence-electron chi connectivity index (χ1n) is 5.14. The Kier molecular flexibility index (Phi) is 1.88. The van der Waals surface area contributed by atoms with Crippen molar-refractivity contribution in [3.63, 3.8) is 0 Å². The van der Waals surface area contributed by atoms with E-state index in [0.29, 0.717) is 5.69 Å². The first-order valence-corrected chi connectivity index (χ1v) is 5.14. The lowest BCUT2D eigenvalue weighted by Crippen LogP contribution is -2.35. The fraction of sp³-hybridized carbons (Fsp3) is 0.0769. The molecule has 0 aromatic carbocycles. The van der Waals surface area contributed by atoms with Crippen LogP contribution in [0.2, 0.25) is 0 Å². The van der Waals surface area contributed by atoms with Gasteiger partial charge in [0, 0.05) is 24.4 Å². The Labute approximate surface area is 93.3 Å². The molecule has 0 spiro atoms. The third-order valence-electron chi connectivity index (χ3n) is 2.81. The standard InChI is InChI=1S/C13H11N2O/c16-13(11-5-1-3-8-14-11)7-10-15-9-4-2-6-12(13)15/h1-10,16H/q+1/t13-/m1/s1. The number of aliphatic hydroxyl groups is 1. The minimum Gasteiger partial charge on any atom is -0.370 e. The van der Waals surface area contributed by atoms with Crippen LogP contribution in [0, 0.1) is 0 Å². The van der Waals surface area contributed by atoms with Crippen LogP contribution in [0.4, 0.5) is 0 Å². The van der Waals surface area contributed by atoms with E-state index in [9.17, 15) is 5.11 Å². The molecule has 3 heteroatoms. The van der Waals surface area contributed by atoms with Crippen LogP contribution in [0.25, 0.3) is 6.20 Å².